The Morgan fingerprint density at radius 3 is 2.95 bits per heavy atom. The summed E-state index contributed by atoms with van der Waals surface area (Å²) in [6, 6.07) is 0. The first-order chi connectivity index (χ1) is 9.06. The van der Waals surface area contributed by atoms with Crippen LogP contribution in [0.3, 0.4) is 0 Å². The van der Waals surface area contributed by atoms with E-state index in [1.165, 1.54) is 0 Å². The minimum absolute atomic E-state index is 0.213. The highest BCUT2D eigenvalue weighted by atomic mass is 16.1. The Hall–Kier alpha value is -1.45. The van der Waals surface area contributed by atoms with Gasteiger partial charge in [0.25, 0.3) is 0 Å². The van der Waals surface area contributed by atoms with Crippen molar-refractivity contribution in [1.82, 2.24) is 14.8 Å². The predicted molar refractivity (Wildman–Crippen MR) is 74.7 cm³/mol. The van der Waals surface area contributed by atoms with E-state index in [1.807, 2.05) is 4.68 Å². The lowest BCUT2D eigenvalue weighted by molar-refractivity contribution is -0.115. The van der Waals surface area contributed by atoms with Crippen LogP contribution in [-0.2, 0) is 17.8 Å². The van der Waals surface area contributed by atoms with Crippen molar-refractivity contribution in [3.8, 4) is 0 Å². The summed E-state index contributed by atoms with van der Waals surface area (Å²) in [7, 11) is 0. The Labute approximate surface area is 114 Å². The molecule has 0 amide bonds. The molecule has 2 rings (SSSR count). The van der Waals surface area contributed by atoms with Crippen LogP contribution in [0.5, 0.6) is 0 Å². The third-order valence-electron chi connectivity index (χ3n) is 3.58. The van der Waals surface area contributed by atoms with Crippen LogP contribution in [0.1, 0.15) is 45.9 Å². The molecule has 4 heteroatoms. The molecule has 0 saturated carbocycles. The van der Waals surface area contributed by atoms with Crippen molar-refractivity contribution >= 4 is 5.78 Å². The second-order valence-corrected chi connectivity index (χ2v) is 5.96. The van der Waals surface area contributed by atoms with E-state index in [-0.39, 0.29) is 5.78 Å². The minimum Gasteiger partial charge on any atom is -0.294 e. The highest BCUT2D eigenvalue weighted by molar-refractivity contribution is 5.96. The molecule has 0 fully saturated rings. The lowest BCUT2D eigenvalue weighted by Gasteiger charge is -2.17. The highest BCUT2D eigenvalue weighted by Crippen LogP contribution is 2.24. The first kappa shape index (κ1) is 14.0. The van der Waals surface area contributed by atoms with Crippen molar-refractivity contribution < 1.29 is 4.79 Å². The standard InChI is InChI=1S/C15H23N3O/c1-11(2)9-18-15(16-10-17-18)8-14(19)13-6-4-12(3)5-7-13/h6,10-12H,4-5,7-9H2,1-3H3. The van der Waals surface area contributed by atoms with Crippen LogP contribution in [0.4, 0.5) is 0 Å². The lowest BCUT2D eigenvalue weighted by Crippen LogP contribution is -2.17. The van der Waals surface area contributed by atoms with Gasteiger partial charge in [-0.15, -0.1) is 0 Å². The summed E-state index contributed by atoms with van der Waals surface area (Å²) in [4.78, 5) is 16.5. The van der Waals surface area contributed by atoms with Gasteiger partial charge in [-0.2, -0.15) is 5.10 Å². The van der Waals surface area contributed by atoms with Gasteiger partial charge in [0.1, 0.15) is 12.2 Å². The molecule has 0 aliphatic heterocycles. The third kappa shape index (κ3) is 3.75. The van der Waals surface area contributed by atoms with Crippen LogP contribution in [0.25, 0.3) is 0 Å². The van der Waals surface area contributed by atoms with Gasteiger partial charge in [-0.1, -0.05) is 26.8 Å². The molecule has 0 spiro atoms. The fourth-order valence-electron chi connectivity index (χ4n) is 2.40. The lowest BCUT2D eigenvalue weighted by atomic mass is 9.88. The number of aromatic nitrogens is 3. The molecule has 1 unspecified atom stereocenters. The zero-order valence-corrected chi connectivity index (χ0v) is 12.1. The van der Waals surface area contributed by atoms with Gasteiger partial charge < -0.3 is 0 Å². The SMILES string of the molecule is CC(C)Cn1ncnc1CC(=O)C1=CCC(C)CC1. The maximum atomic E-state index is 12.3. The predicted octanol–water partition coefficient (Wildman–Crippen LogP) is 2.79. The molecule has 0 saturated heterocycles. The van der Waals surface area contributed by atoms with E-state index in [1.54, 1.807) is 6.33 Å². The van der Waals surface area contributed by atoms with Crippen LogP contribution in [0.2, 0.25) is 0 Å². The van der Waals surface area contributed by atoms with Gasteiger partial charge in [0, 0.05) is 6.54 Å². The first-order valence-electron chi connectivity index (χ1n) is 7.15. The fraction of sp³-hybridized carbons (Fsp3) is 0.667. The molecule has 19 heavy (non-hydrogen) atoms. The Morgan fingerprint density at radius 1 is 1.53 bits per heavy atom. The first-order valence-corrected chi connectivity index (χ1v) is 7.15. The zero-order chi connectivity index (χ0) is 13.8. The Kier molecular flexibility index (Phi) is 4.51. The molecule has 1 aromatic heterocycles. The normalized spacial score (nSPS) is 19.6. The Balaban J connectivity index is 2.01. The van der Waals surface area contributed by atoms with Gasteiger partial charge in [-0.05, 0) is 36.7 Å². The zero-order valence-electron chi connectivity index (χ0n) is 12.1. The number of ketones is 1. The number of hydrogen-bond acceptors (Lipinski definition) is 3. The van der Waals surface area contributed by atoms with Gasteiger partial charge in [0.2, 0.25) is 0 Å². The van der Waals surface area contributed by atoms with E-state index in [9.17, 15) is 4.79 Å². The summed E-state index contributed by atoms with van der Waals surface area (Å²) in [6.45, 7) is 7.33. The van der Waals surface area contributed by atoms with E-state index in [0.717, 1.165) is 37.2 Å². The van der Waals surface area contributed by atoms with E-state index in [2.05, 4.69) is 36.9 Å². The molecule has 4 nitrogen and oxygen atoms in total. The van der Waals surface area contributed by atoms with Crippen molar-refractivity contribution in [1.29, 1.82) is 0 Å². The van der Waals surface area contributed by atoms with Crippen LogP contribution in [-0.4, -0.2) is 20.5 Å². The Bertz CT molecular complexity index is 473. The molecule has 104 valence electrons. The summed E-state index contributed by atoms with van der Waals surface area (Å²) in [5.74, 6) is 2.22. The van der Waals surface area contributed by atoms with E-state index in [4.69, 9.17) is 0 Å². The Morgan fingerprint density at radius 2 is 2.32 bits per heavy atom. The molecule has 1 aromatic rings. The van der Waals surface area contributed by atoms with Crippen molar-refractivity contribution in [2.75, 3.05) is 0 Å². The third-order valence-corrected chi connectivity index (χ3v) is 3.58. The number of Topliss-reactive ketones (excluding diaryl/α,β-unsaturated/α-hetero) is 1. The minimum atomic E-state index is 0.213. The number of hydrogen-bond donors (Lipinski definition) is 0. The number of allylic oxidation sites excluding steroid dienone is 2. The second kappa shape index (κ2) is 6.13. The summed E-state index contributed by atoms with van der Waals surface area (Å²) >= 11 is 0. The molecular formula is C15H23N3O. The summed E-state index contributed by atoms with van der Waals surface area (Å²) < 4.78 is 1.86. The average Bonchev–Trinajstić information content (AvgIpc) is 2.76. The summed E-state index contributed by atoms with van der Waals surface area (Å²) in [5, 5.41) is 4.20. The van der Waals surface area contributed by atoms with E-state index in [0.29, 0.717) is 18.3 Å². The second-order valence-electron chi connectivity index (χ2n) is 5.96. The number of carbonyl (C=O) groups is 1. The van der Waals surface area contributed by atoms with Gasteiger partial charge in [-0.3, -0.25) is 4.79 Å². The molecular weight excluding hydrogens is 238 g/mol. The maximum absolute atomic E-state index is 12.3. The smallest absolute Gasteiger partial charge is 0.166 e. The van der Waals surface area contributed by atoms with Gasteiger partial charge in [0.15, 0.2) is 5.78 Å². The molecule has 0 aromatic carbocycles. The molecule has 1 heterocycles. The molecule has 0 bridgehead atoms. The van der Waals surface area contributed by atoms with Crippen molar-refractivity contribution in [3.05, 3.63) is 23.8 Å². The molecule has 0 radical (unpaired) electrons. The fourth-order valence-corrected chi connectivity index (χ4v) is 2.40. The molecule has 1 atom stereocenters. The quantitative estimate of drug-likeness (QED) is 0.819. The van der Waals surface area contributed by atoms with Crippen molar-refractivity contribution in [2.24, 2.45) is 11.8 Å². The van der Waals surface area contributed by atoms with Gasteiger partial charge in [0.05, 0.1) is 6.42 Å². The van der Waals surface area contributed by atoms with Gasteiger partial charge >= 0.3 is 0 Å². The van der Waals surface area contributed by atoms with Gasteiger partial charge in [-0.25, -0.2) is 9.67 Å². The van der Waals surface area contributed by atoms with E-state index >= 15 is 0 Å². The number of carbonyl (C=O) groups excluding carboxylic acids is 1. The topological polar surface area (TPSA) is 47.8 Å². The van der Waals surface area contributed by atoms with Crippen molar-refractivity contribution in [3.63, 3.8) is 0 Å². The average molecular weight is 261 g/mol. The van der Waals surface area contributed by atoms with E-state index < -0.39 is 0 Å². The molecule has 0 N–H and O–H groups in total. The number of rotatable bonds is 5. The largest absolute Gasteiger partial charge is 0.294 e. The molecule has 1 aliphatic rings. The monoisotopic (exact) mass is 261 g/mol. The maximum Gasteiger partial charge on any atom is 0.166 e. The number of nitrogens with zero attached hydrogens (tertiary/aromatic N) is 3. The van der Waals surface area contributed by atoms with Crippen LogP contribution >= 0.6 is 0 Å². The summed E-state index contributed by atoms with van der Waals surface area (Å²) in [6.07, 6.45) is 7.10. The highest BCUT2D eigenvalue weighted by Gasteiger charge is 2.18. The van der Waals surface area contributed by atoms with Crippen LogP contribution < -0.4 is 0 Å². The molecule has 1 aliphatic carbocycles. The van der Waals surface area contributed by atoms with Crippen LogP contribution in [0.15, 0.2) is 18.0 Å². The van der Waals surface area contributed by atoms with Crippen molar-refractivity contribution in [2.45, 2.75) is 53.0 Å². The summed E-state index contributed by atoms with van der Waals surface area (Å²) in [5.41, 5.74) is 0.984. The van der Waals surface area contributed by atoms with Crippen LogP contribution in [0, 0.1) is 11.8 Å².